The number of aliphatic hydroxyl groups is 2. The number of hydrogen-bond acceptors (Lipinski definition) is 5. The minimum atomic E-state index is -2.27. The molecule has 2 unspecified atom stereocenters. The first-order valence-corrected chi connectivity index (χ1v) is 2.93. The van der Waals surface area contributed by atoms with E-state index in [9.17, 15) is 9.59 Å². The molecule has 0 amide bonds. The van der Waals surface area contributed by atoms with Crippen LogP contribution >= 0.6 is 0 Å². The molecule has 0 radical (unpaired) electrons. The van der Waals surface area contributed by atoms with E-state index >= 15 is 0 Å². The van der Waals surface area contributed by atoms with Crippen LogP contribution in [-0.4, -0.2) is 60.9 Å². The van der Waals surface area contributed by atoms with E-state index in [1.54, 1.807) is 0 Å². The van der Waals surface area contributed by atoms with Crippen LogP contribution in [0.1, 0.15) is 1.43 Å². The van der Waals surface area contributed by atoms with Crippen LogP contribution in [0.4, 0.5) is 4.79 Å². The van der Waals surface area contributed by atoms with E-state index in [0.29, 0.717) is 0 Å². The molecule has 0 aliphatic heterocycles. The van der Waals surface area contributed by atoms with Gasteiger partial charge in [-0.3, -0.25) is 0 Å². The quantitative estimate of drug-likeness (QED) is 0.263. The number of hydrogen-bond donors (Lipinski definition) is 6. The molecule has 9 nitrogen and oxygen atoms in total. The molecule has 0 fully saturated rings. The molecule has 0 rings (SSSR count). The number of carboxylic acid groups (broad SMARTS) is 4. The molecule has 0 spiro atoms. The van der Waals surface area contributed by atoms with Gasteiger partial charge in [-0.05, 0) is 0 Å². The first-order chi connectivity index (χ1) is 6.20. The van der Waals surface area contributed by atoms with Crippen LogP contribution < -0.4 is 29.6 Å². The Hall–Kier alpha value is -0.870. The molecule has 0 aliphatic rings. The Balaban J connectivity index is -0.000000105. The summed E-state index contributed by atoms with van der Waals surface area (Å²) >= 11 is 0. The van der Waals surface area contributed by atoms with Gasteiger partial charge >= 0.3 is 47.7 Å². The maximum atomic E-state index is 9.77. The molecule has 0 aromatic carbocycles. The third-order valence-corrected chi connectivity index (χ3v) is 0.805. The van der Waals surface area contributed by atoms with Crippen molar-refractivity contribution >= 4 is 18.1 Å². The summed E-state index contributed by atoms with van der Waals surface area (Å²) in [5.41, 5.74) is 0. The summed E-state index contributed by atoms with van der Waals surface area (Å²) in [4.78, 5) is 28.1. The summed E-state index contributed by atoms with van der Waals surface area (Å²) in [5.74, 6) is -3.54. The molecule has 10 heteroatoms. The number of aliphatic carboxylic acids is 2. The number of carboxylic acids is 2. The van der Waals surface area contributed by atoms with Crippen LogP contribution in [0, 0.1) is 0 Å². The van der Waals surface area contributed by atoms with Crippen molar-refractivity contribution in [2.75, 3.05) is 0 Å². The predicted octanol–water partition coefficient (Wildman–Crippen LogP) is -4.78. The second-order valence-electron chi connectivity index (χ2n) is 1.85. The van der Waals surface area contributed by atoms with E-state index in [-0.39, 0.29) is 31.0 Å². The molecular formula is C5H9NaO9. The first-order valence-electron chi connectivity index (χ1n) is 2.93. The third-order valence-electron chi connectivity index (χ3n) is 0.805. The smallest absolute Gasteiger partial charge is 1.00 e. The van der Waals surface area contributed by atoms with E-state index in [1.165, 1.54) is 0 Å². The van der Waals surface area contributed by atoms with Gasteiger partial charge in [-0.25, -0.2) is 14.4 Å². The normalized spacial score (nSPS) is 12.1. The fourth-order valence-electron chi connectivity index (χ4n) is 0.270. The Kier molecular flexibility index (Phi) is 12.7. The fourth-order valence-corrected chi connectivity index (χ4v) is 0.270. The summed E-state index contributed by atoms with van der Waals surface area (Å²) in [6, 6.07) is 0. The molecule has 0 saturated carbocycles. The average Bonchev–Trinajstić information content (AvgIpc) is 2.00. The zero-order valence-electron chi connectivity index (χ0n) is 8.56. The fraction of sp³-hybridized carbons (Fsp3) is 0.400. The van der Waals surface area contributed by atoms with Gasteiger partial charge in [-0.15, -0.1) is 0 Å². The standard InChI is InChI=1S/C4H6O6.CH2O3.Na.H/c5-1(3(7)8)2(6)4(9)10;2-1(3)4;;/h1-2,5-6H,(H,7,8)(H,9,10);(H2,2,3,4);;/q;;+1;-1. The topological polar surface area (TPSA) is 173 Å². The zero-order chi connectivity index (χ0) is 11.9. The van der Waals surface area contributed by atoms with Crippen LogP contribution in [-0.2, 0) is 9.59 Å². The Bertz CT molecular complexity index is 210. The van der Waals surface area contributed by atoms with Gasteiger partial charge in [-0.2, -0.15) is 0 Å². The van der Waals surface area contributed by atoms with Gasteiger partial charge in [0.15, 0.2) is 12.2 Å². The van der Waals surface area contributed by atoms with Crippen molar-refractivity contribution in [2.45, 2.75) is 12.2 Å². The van der Waals surface area contributed by atoms with E-state index in [4.69, 9.17) is 35.4 Å². The van der Waals surface area contributed by atoms with Gasteiger partial charge in [0.1, 0.15) is 0 Å². The molecule has 84 valence electrons. The van der Waals surface area contributed by atoms with E-state index in [1.807, 2.05) is 0 Å². The van der Waals surface area contributed by atoms with Crippen molar-refractivity contribution in [3.05, 3.63) is 0 Å². The van der Waals surface area contributed by atoms with Gasteiger partial charge in [0.25, 0.3) is 0 Å². The van der Waals surface area contributed by atoms with Crippen LogP contribution in [0.15, 0.2) is 0 Å². The Morgan fingerprint density at radius 3 is 1.00 bits per heavy atom. The molecule has 0 aliphatic carbocycles. The van der Waals surface area contributed by atoms with Crippen LogP contribution in [0.2, 0.25) is 0 Å². The monoisotopic (exact) mass is 236 g/mol. The second kappa shape index (κ2) is 9.68. The summed E-state index contributed by atoms with van der Waals surface area (Å²) in [5, 5.41) is 46.5. The molecule has 15 heavy (non-hydrogen) atoms. The minimum Gasteiger partial charge on any atom is -1.00 e. The van der Waals surface area contributed by atoms with Crippen LogP contribution in [0.25, 0.3) is 0 Å². The zero-order valence-corrected chi connectivity index (χ0v) is 9.56. The molecular weight excluding hydrogens is 227 g/mol. The second-order valence-corrected chi connectivity index (χ2v) is 1.85. The molecule has 0 aromatic rings. The summed E-state index contributed by atoms with van der Waals surface area (Å²) in [6.07, 6.45) is -6.37. The average molecular weight is 236 g/mol. The van der Waals surface area contributed by atoms with Gasteiger partial charge in [0.2, 0.25) is 0 Å². The van der Waals surface area contributed by atoms with Crippen molar-refractivity contribution in [3.8, 4) is 0 Å². The summed E-state index contributed by atoms with van der Waals surface area (Å²) < 4.78 is 0. The maximum Gasteiger partial charge on any atom is 1.00 e. The van der Waals surface area contributed by atoms with Crippen LogP contribution in [0.5, 0.6) is 0 Å². The largest absolute Gasteiger partial charge is 1.00 e. The predicted molar refractivity (Wildman–Crippen MR) is 39.1 cm³/mol. The summed E-state index contributed by atoms with van der Waals surface area (Å²) in [7, 11) is 0. The van der Waals surface area contributed by atoms with Gasteiger partial charge in [0.05, 0.1) is 0 Å². The molecule has 2 atom stereocenters. The number of rotatable bonds is 3. The van der Waals surface area contributed by atoms with E-state index < -0.39 is 30.3 Å². The van der Waals surface area contributed by atoms with E-state index in [2.05, 4.69) is 0 Å². The molecule has 6 N–H and O–H groups in total. The van der Waals surface area contributed by atoms with Crippen molar-refractivity contribution in [1.82, 2.24) is 0 Å². The van der Waals surface area contributed by atoms with Gasteiger partial charge in [-0.1, -0.05) is 0 Å². The minimum absolute atomic E-state index is 0. The van der Waals surface area contributed by atoms with E-state index in [0.717, 1.165) is 0 Å². The summed E-state index contributed by atoms with van der Waals surface area (Å²) in [6.45, 7) is 0. The molecule has 0 heterocycles. The number of aliphatic hydroxyl groups excluding tert-OH is 2. The van der Waals surface area contributed by atoms with Crippen molar-refractivity contribution < 1.29 is 76.0 Å². The first kappa shape index (κ1) is 19.7. The Labute approximate surface area is 106 Å². The Morgan fingerprint density at radius 2 is 0.933 bits per heavy atom. The molecule has 0 bridgehead atoms. The molecule has 0 saturated heterocycles. The SMILES string of the molecule is O=C(O)C(O)C(O)C(=O)O.O=C(O)O.[H-].[Na+]. The maximum absolute atomic E-state index is 9.77. The van der Waals surface area contributed by atoms with Crippen molar-refractivity contribution in [3.63, 3.8) is 0 Å². The van der Waals surface area contributed by atoms with Gasteiger partial charge in [0, 0.05) is 0 Å². The van der Waals surface area contributed by atoms with Crippen molar-refractivity contribution in [2.24, 2.45) is 0 Å². The molecule has 0 aromatic heterocycles. The van der Waals surface area contributed by atoms with Crippen LogP contribution in [0.3, 0.4) is 0 Å². The van der Waals surface area contributed by atoms with Crippen molar-refractivity contribution in [1.29, 1.82) is 0 Å². The number of carbonyl (C=O) groups is 3. The third kappa shape index (κ3) is 13.1. The van der Waals surface area contributed by atoms with Gasteiger partial charge < -0.3 is 32.1 Å². The Morgan fingerprint density at radius 1 is 0.800 bits per heavy atom.